The van der Waals surface area contributed by atoms with Crippen LogP contribution in [-0.4, -0.2) is 49.7 Å². The third-order valence-corrected chi connectivity index (χ3v) is 4.57. The molecule has 0 saturated carbocycles. The Labute approximate surface area is 151 Å². The lowest BCUT2D eigenvalue weighted by Crippen LogP contribution is -2.44. The molecule has 1 N–H and O–H groups in total. The Balaban J connectivity index is 0.000000781. The van der Waals surface area contributed by atoms with Crippen LogP contribution in [0.15, 0.2) is 18.6 Å². The molecule has 0 aromatic carbocycles. The highest BCUT2D eigenvalue weighted by Crippen LogP contribution is 2.31. The van der Waals surface area contributed by atoms with Crippen LogP contribution in [-0.2, 0) is 0 Å². The topological polar surface area (TPSA) is 71.2 Å². The van der Waals surface area contributed by atoms with Gasteiger partial charge in [-0.15, -0.1) is 10.2 Å². The maximum atomic E-state index is 6.04. The summed E-state index contributed by atoms with van der Waals surface area (Å²) in [7, 11) is 0. The number of fused-ring (bicyclic) bond motifs is 5. The van der Waals surface area contributed by atoms with Crippen LogP contribution in [0, 0.1) is 0 Å². The fourth-order valence-corrected chi connectivity index (χ4v) is 3.56. The minimum absolute atomic E-state index is 0. The third kappa shape index (κ3) is 2.42. The highest BCUT2D eigenvalue weighted by atomic mass is 35.5. The zero-order valence-electron chi connectivity index (χ0n) is 12.1. The van der Waals surface area contributed by atoms with Gasteiger partial charge in [-0.25, -0.2) is 9.97 Å². The van der Waals surface area contributed by atoms with Gasteiger partial charge in [0.15, 0.2) is 11.5 Å². The molecule has 2 fully saturated rings. The first-order valence-electron chi connectivity index (χ1n) is 6.94. The predicted molar refractivity (Wildman–Crippen MR) is 99.4 cm³/mol. The van der Waals surface area contributed by atoms with Crippen LogP contribution in [0.4, 0.5) is 5.82 Å². The van der Waals surface area contributed by atoms with Crippen LogP contribution in [0.25, 0.3) is 16.8 Å². The molecule has 5 heterocycles. The number of halogens is 1. The molecule has 2 bridgehead atoms. The van der Waals surface area contributed by atoms with Gasteiger partial charge in [0.2, 0.25) is 5.65 Å². The average molecular weight is 370 g/mol. The van der Waals surface area contributed by atoms with Crippen molar-refractivity contribution in [3.63, 3.8) is 0 Å². The quantitative estimate of drug-likeness (QED) is 0.692. The zero-order valence-corrected chi connectivity index (χ0v) is 14.8. The monoisotopic (exact) mass is 369 g/mol. The van der Waals surface area contributed by atoms with Crippen molar-refractivity contribution >= 4 is 61.2 Å². The molecular weight excluding hydrogens is 354 g/mol. The molecule has 5 rings (SSSR count). The molecule has 23 heavy (non-hydrogen) atoms. The molecular formula is C13H16ClN7S2. The number of nitrogens with zero attached hydrogens (tertiary/aromatic N) is 6. The van der Waals surface area contributed by atoms with Crippen LogP contribution in [0.2, 0.25) is 5.02 Å². The summed E-state index contributed by atoms with van der Waals surface area (Å²) in [6, 6.07) is 2.87. The molecule has 7 nitrogen and oxygen atoms in total. The highest BCUT2D eigenvalue weighted by Gasteiger charge is 2.39. The van der Waals surface area contributed by atoms with E-state index in [0.717, 1.165) is 36.5 Å². The van der Waals surface area contributed by atoms with Gasteiger partial charge < -0.3 is 10.2 Å². The SMILES string of the molecule is Clc1cnc2nc(N3C[C@@H]4C[C@H]3CN4)c3nncn3c2c1.S.S. The van der Waals surface area contributed by atoms with Gasteiger partial charge in [-0.05, 0) is 12.5 Å². The number of pyridine rings is 1. The first-order valence-corrected chi connectivity index (χ1v) is 7.32. The maximum Gasteiger partial charge on any atom is 0.204 e. The molecule has 2 aliphatic rings. The van der Waals surface area contributed by atoms with Gasteiger partial charge in [0.1, 0.15) is 6.33 Å². The first-order chi connectivity index (χ1) is 10.3. The minimum Gasteiger partial charge on any atom is -0.348 e. The average Bonchev–Trinajstić information content (AvgIpc) is 3.22. The largest absolute Gasteiger partial charge is 0.348 e. The number of aromatic nitrogens is 5. The van der Waals surface area contributed by atoms with E-state index in [4.69, 9.17) is 16.6 Å². The molecule has 0 unspecified atom stereocenters. The van der Waals surface area contributed by atoms with Gasteiger partial charge in [0.25, 0.3) is 0 Å². The van der Waals surface area contributed by atoms with E-state index in [2.05, 4.69) is 25.4 Å². The van der Waals surface area contributed by atoms with Crippen LogP contribution >= 0.6 is 38.6 Å². The molecule has 0 spiro atoms. The van der Waals surface area contributed by atoms with Crippen LogP contribution in [0.3, 0.4) is 0 Å². The molecule has 0 radical (unpaired) electrons. The summed E-state index contributed by atoms with van der Waals surface area (Å²) in [4.78, 5) is 11.4. The van der Waals surface area contributed by atoms with Crippen molar-refractivity contribution in [2.75, 3.05) is 18.0 Å². The minimum atomic E-state index is 0. The summed E-state index contributed by atoms with van der Waals surface area (Å²) in [6.45, 7) is 1.96. The highest BCUT2D eigenvalue weighted by molar-refractivity contribution is 7.59. The molecule has 3 aromatic heterocycles. The van der Waals surface area contributed by atoms with E-state index in [9.17, 15) is 0 Å². The summed E-state index contributed by atoms with van der Waals surface area (Å²) in [5, 5.41) is 12.4. The zero-order chi connectivity index (χ0) is 14.0. The molecule has 2 atom stereocenters. The number of piperazine rings is 1. The number of hydrogen-bond donors (Lipinski definition) is 1. The lowest BCUT2D eigenvalue weighted by molar-refractivity contribution is 0.577. The first kappa shape index (κ1) is 16.6. The molecule has 2 aliphatic heterocycles. The molecule has 2 saturated heterocycles. The summed E-state index contributed by atoms with van der Waals surface area (Å²) in [5.41, 5.74) is 2.25. The predicted octanol–water partition coefficient (Wildman–Crippen LogP) is 1.10. The van der Waals surface area contributed by atoms with Crippen LogP contribution in [0.5, 0.6) is 0 Å². The van der Waals surface area contributed by atoms with Crippen LogP contribution in [0.1, 0.15) is 6.42 Å². The van der Waals surface area contributed by atoms with E-state index >= 15 is 0 Å². The van der Waals surface area contributed by atoms with Gasteiger partial charge in [-0.3, -0.25) is 4.40 Å². The van der Waals surface area contributed by atoms with Gasteiger partial charge in [0.05, 0.1) is 10.5 Å². The standard InChI is InChI=1S/C13H12ClN7.2H2S/c14-7-1-10-11(16-3-7)18-12(13-19-17-6-21(10)13)20-5-8-2-9(20)4-15-8;;/h1,3,6,8-9,15H,2,4-5H2;2*1H2/t8-,9-;;/m0../s1. The van der Waals surface area contributed by atoms with Gasteiger partial charge in [-0.1, -0.05) is 11.6 Å². The fraction of sp³-hybridized carbons (Fsp3) is 0.385. The third-order valence-electron chi connectivity index (χ3n) is 4.36. The van der Waals surface area contributed by atoms with Gasteiger partial charge >= 0.3 is 0 Å². The van der Waals surface area contributed by atoms with E-state index in [-0.39, 0.29) is 27.0 Å². The second-order valence-electron chi connectivity index (χ2n) is 5.60. The summed E-state index contributed by atoms with van der Waals surface area (Å²) in [5.74, 6) is 0.865. The molecule has 0 aliphatic carbocycles. The Morgan fingerprint density at radius 2 is 2.17 bits per heavy atom. The summed E-state index contributed by atoms with van der Waals surface area (Å²) >= 11 is 6.04. The molecule has 10 heteroatoms. The fourth-order valence-electron chi connectivity index (χ4n) is 3.41. The van der Waals surface area contributed by atoms with Gasteiger partial charge in [0, 0.05) is 31.4 Å². The Hall–Kier alpha value is -1.29. The summed E-state index contributed by atoms with van der Waals surface area (Å²) < 4.78 is 1.91. The lowest BCUT2D eigenvalue weighted by atomic mass is 10.2. The van der Waals surface area contributed by atoms with Crippen molar-refractivity contribution in [2.24, 2.45) is 0 Å². The Morgan fingerprint density at radius 3 is 2.91 bits per heavy atom. The van der Waals surface area contributed by atoms with E-state index in [1.54, 1.807) is 12.5 Å². The Kier molecular flexibility index (Phi) is 4.30. The van der Waals surface area contributed by atoms with Crippen molar-refractivity contribution in [1.82, 2.24) is 29.9 Å². The van der Waals surface area contributed by atoms with Crippen molar-refractivity contribution in [1.29, 1.82) is 0 Å². The van der Waals surface area contributed by atoms with Crippen molar-refractivity contribution < 1.29 is 0 Å². The number of rotatable bonds is 1. The van der Waals surface area contributed by atoms with E-state index < -0.39 is 0 Å². The van der Waals surface area contributed by atoms with E-state index in [0.29, 0.717) is 22.8 Å². The second kappa shape index (κ2) is 5.97. The molecule has 3 aromatic rings. The van der Waals surface area contributed by atoms with Crippen molar-refractivity contribution in [3.05, 3.63) is 23.6 Å². The second-order valence-corrected chi connectivity index (χ2v) is 6.04. The molecule has 0 amide bonds. The smallest absolute Gasteiger partial charge is 0.204 e. The number of hydrogen-bond acceptors (Lipinski definition) is 6. The lowest BCUT2D eigenvalue weighted by Gasteiger charge is -2.28. The normalized spacial score (nSPS) is 22.4. The van der Waals surface area contributed by atoms with E-state index in [1.165, 1.54) is 0 Å². The Bertz CT molecular complexity index is 870. The molecule has 122 valence electrons. The summed E-state index contributed by atoms with van der Waals surface area (Å²) in [6.07, 6.45) is 4.47. The number of nitrogens with one attached hydrogen (secondary N) is 1. The van der Waals surface area contributed by atoms with E-state index in [1.807, 2.05) is 10.5 Å². The maximum absolute atomic E-state index is 6.04. The number of anilines is 1. The van der Waals surface area contributed by atoms with Crippen LogP contribution < -0.4 is 10.2 Å². The Morgan fingerprint density at radius 1 is 1.30 bits per heavy atom. The van der Waals surface area contributed by atoms with Crippen molar-refractivity contribution in [2.45, 2.75) is 18.5 Å². The van der Waals surface area contributed by atoms with Crippen molar-refractivity contribution in [3.8, 4) is 0 Å². The van der Waals surface area contributed by atoms with Gasteiger partial charge in [-0.2, -0.15) is 27.0 Å².